The van der Waals surface area contributed by atoms with Crippen LogP contribution in [0.4, 0.5) is 0 Å². The number of benzene rings is 1. The number of fused-ring (bicyclic) bond motifs is 1. The molecule has 1 amide bonds. The number of carboxylic acids is 1. The number of nitrogens with zero attached hydrogens (tertiary/aromatic N) is 5. The van der Waals surface area contributed by atoms with Gasteiger partial charge in [-0.15, -0.1) is 5.10 Å². The minimum absolute atomic E-state index is 0.146. The molecule has 0 saturated heterocycles. The van der Waals surface area contributed by atoms with Gasteiger partial charge in [-0.1, -0.05) is 30.3 Å². The van der Waals surface area contributed by atoms with Gasteiger partial charge in [0.1, 0.15) is 6.54 Å². The highest BCUT2D eigenvalue weighted by atomic mass is 16.4. The SMILES string of the molecule is CCCN(CC(=O)O)C(=O)c1nnn(-c2cccc3cccnc23)c1C. The van der Waals surface area contributed by atoms with Gasteiger partial charge in [-0.2, -0.15) is 0 Å². The molecular weight excluding hydrogens is 334 g/mol. The maximum absolute atomic E-state index is 12.7. The Morgan fingerprint density at radius 1 is 1.23 bits per heavy atom. The normalized spacial score (nSPS) is 10.8. The summed E-state index contributed by atoms with van der Waals surface area (Å²) in [5.74, 6) is -1.50. The lowest BCUT2D eigenvalue weighted by Crippen LogP contribution is -2.36. The summed E-state index contributed by atoms with van der Waals surface area (Å²) in [6, 6.07) is 9.48. The second kappa shape index (κ2) is 7.30. The van der Waals surface area contributed by atoms with Crippen molar-refractivity contribution in [3.05, 3.63) is 47.9 Å². The fourth-order valence-electron chi connectivity index (χ4n) is 2.85. The fraction of sp³-hybridized carbons (Fsp3) is 0.278. The first kappa shape index (κ1) is 17.5. The number of carboxylic acid groups (broad SMARTS) is 1. The van der Waals surface area contributed by atoms with E-state index in [0.717, 1.165) is 10.9 Å². The van der Waals surface area contributed by atoms with Crippen LogP contribution in [-0.2, 0) is 4.79 Å². The smallest absolute Gasteiger partial charge is 0.323 e. The van der Waals surface area contributed by atoms with Crippen molar-refractivity contribution in [1.29, 1.82) is 0 Å². The number of amides is 1. The number of aromatic nitrogens is 4. The largest absolute Gasteiger partial charge is 0.480 e. The van der Waals surface area contributed by atoms with E-state index in [1.807, 2.05) is 37.3 Å². The van der Waals surface area contributed by atoms with Gasteiger partial charge in [-0.3, -0.25) is 14.6 Å². The molecule has 2 aromatic heterocycles. The van der Waals surface area contributed by atoms with Gasteiger partial charge in [0.2, 0.25) is 0 Å². The Labute approximate surface area is 150 Å². The number of hydrogen-bond donors (Lipinski definition) is 1. The van der Waals surface area contributed by atoms with Gasteiger partial charge in [0.25, 0.3) is 5.91 Å². The number of carbonyl (C=O) groups is 2. The van der Waals surface area contributed by atoms with Crippen molar-refractivity contribution >= 4 is 22.8 Å². The molecule has 2 heterocycles. The number of para-hydroxylation sites is 1. The summed E-state index contributed by atoms with van der Waals surface area (Å²) in [5.41, 5.74) is 2.15. The zero-order chi connectivity index (χ0) is 18.7. The van der Waals surface area contributed by atoms with Crippen LogP contribution in [0.2, 0.25) is 0 Å². The highest BCUT2D eigenvalue weighted by Crippen LogP contribution is 2.21. The molecule has 3 rings (SSSR count). The summed E-state index contributed by atoms with van der Waals surface area (Å²) in [7, 11) is 0. The van der Waals surface area contributed by atoms with Crippen LogP contribution in [0.25, 0.3) is 16.6 Å². The van der Waals surface area contributed by atoms with E-state index in [1.165, 1.54) is 4.90 Å². The molecule has 0 spiro atoms. The van der Waals surface area contributed by atoms with Crippen molar-refractivity contribution in [1.82, 2.24) is 24.9 Å². The minimum Gasteiger partial charge on any atom is -0.480 e. The van der Waals surface area contributed by atoms with Gasteiger partial charge in [-0.05, 0) is 25.5 Å². The van der Waals surface area contributed by atoms with E-state index in [4.69, 9.17) is 5.11 Å². The van der Waals surface area contributed by atoms with Crippen molar-refractivity contribution in [3.63, 3.8) is 0 Å². The van der Waals surface area contributed by atoms with Crippen LogP contribution < -0.4 is 0 Å². The number of aliphatic carboxylic acids is 1. The van der Waals surface area contributed by atoms with Crippen molar-refractivity contribution < 1.29 is 14.7 Å². The van der Waals surface area contributed by atoms with Crippen LogP contribution in [0.15, 0.2) is 36.5 Å². The standard InChI is InChI=1S/C18H19N5O3/c1-3-10-22(11-15(24)25)18(26)16-12(2)23(21-20-16)14-8-4-6-13-7-5-9-19-17(13)14/h4-9H,3,10-11H2,1-2H3,(H,24,25). The minimum atomic E-state index is -1.06. The number of pyridine rings is 1. The molecule has 0 atom stereocenters. The Hall–Kier alpha value is -3.29. The van der Waals surface area contributed by atoms with Crippen LogP contribution in [0.5, 0.6) is 0 Å². The average molecular weight is 353 g/mol. The molecule has 8 heteroatoms. The Balaban J connectivity index is 2.02. The summed E-state index contributed by atoms with van der Waals surface area (Å²) < 4.78 is 1.56. The van der Waals surface area contributed by atoms with Gasteiger partial charge in [0, 0.05) is 18.1 Å². The Kier molecular flexibility index (Phi) is 4.92. The average Bonchev–Trinajstić information content (AvgIpc) is 3.01. The fourth-order valence-corrected chi connectivity index (χ4v) is 2.85. The molecule has 1 N–H and O–H groups in total. The molecule has 0 aliphatic carbocycles. The van der Waals surface area contributed by atoms with Crippen LogP contribution in [0, 0.1) is 6.92 Å². The highest BCUT2D eigenvalue weighted by molar-refractivity contribution is 5.95. The number of carbonyl (C=O) groups excluding carboxylic acids is 1. The van der Waals surface area contributed by atoms with Gasteiger partial charge < -0.3 is 10.0 Å². The van der Waals surface area contributed by atoms with Crippen LogP contribution in [-0.4, -0.2) is 55.0 Å². The third kappa shape index (κ3) is 3.26. The monoisotopic (exact) mass is 353 g/mol. The highest BCUT2D eigenvalue weighted by Gasteiger charge is 2.24. The van der Waals surface area contributed by atoms with Gasteiger partial charge >= 0.3 is 5.97 Å². The molecule has 0 aliphatic heterocycles. The van der Waals surface area contributed by atoms with Crippen LogP contribution >= 0.6 is 0 Å². The quantitative estimate of drug-likeness (QED) is 0.728. The lowest BCUT2D eigenvalue weighted by molar-refractivity contribution is -0.137. The van der Waals surface area contributed by atoms with Gasteiger partial charge in [-0.25, -0.2) is 4.68 Å². The summed E-state index contributed by atoms with van der Waals surface area (Å²) in [6.45, 7) is 3.59. The Bertz CT molecular complexity index is 961. The predicted octanol–water partition coefficient (Wildman–Crippen LogP) is 2.06. The molecular formula is C18H19N5O3. The first-order valence-electron chi connectivity index (χ1n) is 8.30. The van der Waals surface area contributed by atoms with E-state index in [-0.39, 0.29) is 12.2 Å². The lowest BCUT2D eigenvalue weighted by atomic mass is 10.2. The van der Waals surface area contributed by atoms with Crippen molar-refractivity contribution in [2.45, 2.75) is 20.3 Å². The zero-order valence-electron chi connectivity index (χ0n) is 14.6. The van der Waals surface area contributed by atoms with E-state index in [9.17, 15) is 9.59 Å². The summed E-state index contributed by atoms with van der Waals surface area (Å²) >= 11 is 0. The van der Waals surface area contributed by atoms with Crippen LogP contribution in [0.3, 0.4) is 0 Å². The van der Waals surface area contributed by atoms with Gasteiger partial charge in [0.15, 0.2) is 5.69 Å². The zero-order valence-corrected chi connectivity index (χ0v) is 14.6. The summed E-state index contributed by atoms with van der Waals surface area (Å²) in [4.78, 5) is 29.4. The molecule has 0 radical (unpaired) electrons. The molecule has 3 aromatic rings. The molecule has 134 valence electrons. The van der Waals surface area contributed by atoms with E-state index in [0.29, 0.717) is 24.3 Å². The Morgan fingerprint density at radius 2 is 2.00 bits per heavy atom. The molecule has 0 saturated carbocycles. The summed E-state index contributed by atoms with van der Waals surface area (Å²) in [6.07, 6.45) is 2.35. The van der Waals surface area contributed by atoms with Crippen molar-refractivity contribution in [2.75, 3.05) is 13.1 Å². The third-order valence-electron chi connectivity index (χ3n) is 4.04. The molecule has 8 nitrogen and oxygen atoms in total. The van der Waals surface area contributed by atoms with E-state index >= 15 is 0 Å². The first-order valence-corrected chi connectivity index (χ1v) is 8.30. The number of rotatable bonds is 6. The molecule has 0 fully saturated rings. The number of hydrogen-bond acceptors (Lipinski definition) is 5. The van der Waals surface area contributed by atoms with Crippen molar-refractivity contribution in [3.8, 4) is 5.69 Å². The second-order valence-corrected chi connectivity index (χ2v) is 5.91. The predicted molar refractivity (Wildman–Crippen MR) is 95.2 cm³/mol. The third-order valence-corrected chi connectivity index (χ3v) is 4.04. The Morgan fingerprint density at radius 3 is 2.73 bits per heavy atom. The maximum Gasteiger partial charge on any atom is 0.323 e. The molecule has 26 heavy (non-hydrogen) atoms. The van der Waals surface area contributed by atoms with Gasteiger partial charge in [0.05, 0.1) is 16.9 Å². The molecule has 1 aromatic carbocycles. The van der Waals surface area contributed by atoms with E-state index < -0.39 is 11.9 Å². The second-order valence-electron chi connectivity index (χ2n) is 5.91. The maximum atomic E-state index is 12.7. The molecule has 0 bridgehead atoms. The molecule has 0 aliphatic rings. The van der Waals surface area contributed by atoms with E-state index in [1.54, 1.807) is 17.8 Å². The van der Waals surface area contributed by atoms with E-state index in [2.05, 4.69) is 15.3 Å². The summed E-state index contributed by atoms with van der Waals surface area (Å²) in [5, 5.41) is 18.1. The topological polar surface area (TPSA) is 101 Å². The molecule has 0 unspecified atom stereocenters. The lowest BCUT2D eigenvalue weighted by Gasteiger charge is -2.18. The van der Waals surface area contributed by atoms with Crippen LogP contribution in [0.1, 0.15) is 29.5 Å². The first-order chi connectivity index (χ1) is 12.5. The van der Waals surface area contributed by atoms with Crippen molar-refractivity contribution in [2.24, 2.45) is 0 Å².